The van der Waals surface area contributed by atoms with Crippen LogP contribution in [0.3, 0.4) is 0 Å². The van der Waals surface area contributed by atoms with Crippen molar-refractivity contribution in [2.45, 2.75) is 12.2 Å². The molecule has 0 spiro atoms. The minimum absolute atomic E-state index is 0.0367. The van der Waals surface area contributed by atoms with Crippen LogP contribution in [0.25, 0.3) is 0 Å². The maximum absolute atomic E-state index is 12.6. The Kier molecular flexibility index (Phi) is 4.12. The molecule has 1 fully saturated rings. The van der Waals surface area contributed by atoms with Gasteiger partial charge in [-0.15, -0.1) is 0 Å². The largest absolute Gasteiger partial charge is 0.451 e. The molecule has 5 nitrogen and oxygen atoms in total. The second-order valence-electron chi connectivity index (χ2n) is 3.97. The van der Waals surface area contributed by atoms with E-state index >= 15 is 0 Å². The van der Waals surface area contributed by atoms with Gasteiger partial charge in [-0.05, 0) is 0 Å². The summed E-state index contributed by atoms with van der Waals surface area (Å²) in [6.45, 7) is 0.651. The first-order chi connectivity index (χ1) is 8.91. The fraction of sp³-hybridized carbons (Fsp3) is 0.600. The van der Waals surface area contributed by atoms with Crippen LogP contribution in [0.1, 0.15) is 5.82 Å². The molecule has 1 atom stereocenters. The van der Waals surface area contributed by atoms with Crippen LogP contribution < -0.4 is 4.90 Å². The number of aliphatic hydroxyl groups excluding tert-OH is 1. The van der Waals surface area contributed by atoms with E-state index in [1.165, 1.54) is 11.0 Å². The number of rotatable bonds is 2. The van der Waals surface area contributed by atoms with Gasteiger partial charge in [-0.25, -0.2) is 9.97 Å². The maximum atomic E-state index is 12.6. The predicted molar refractivity (Wildman–Crippen MR) is 61.1 cm³/mol. The molecule has 0 aromatic carbocycles. The molecule has 0 aliphatic carbocycles. The second-order valence-corrected chi connectivity index (χ2v) is 4.36. The van der Waals surface area contributed by atoms with Gasteiger partial charge in [0.1, 0.15) is 11.0 Å². The summed E-state index contributed by atoms with van der Waals surface area (Å²) in [4.78, 5) is 8.16. The standard InChI is InChI=1S/C10H11ClF3N3O2/c11-7-3-8(16-9(15-7)10(12,13)14)17-1-2-19-5-6(17)4-18/h3,6,18H,1-2,4-5H2. The molecule has 1 saturated heterocycles. The number of aliphatic hydroxyl groups is 1. The summed E-state index contributed by atoms with van der Waals surface area (Å²) in [5, 5.41) is 8.91. The van der Waals surface area contributed by atoms with Crippen molar-refractivity contribution in [2.75, 3.05) is 31.3 Å². The molecule has 1 aromatic rings. The van der Waals surface area contributed by atoms with Gasteiger partial charge in [-0.1, -0.05) is 11.6 Å². The van der Waals surface area contributed by atoms with Crippen LogP contribution in [0.2, 0.25) is 5.15 Å². The van der Waals surface area contributed by atoms with Crippen molar-refractivity contribution in [3.63, 3.8) is 0 Å². The Balaban J connectivity index is 2.35. The lowest BCUT2D eigenvalue weighted by Gasteiger charge is -2.35. The third kappa shape index (κ3) is 3.26. The number of hydrogen-bond donors (Lipinski definition) is 1. The van der Waals surface area contributed by atoms with Gasteiger partial charge in [-0.2, -0.15) is 13.2 Å². The molecule has 1 aliphatic heterocycles. The fourth-order valence-corrected chi connectivity index (χ4v) is 1.96. The Morgan fingerprint density at radius 3 is 2.84 bits per heavy atom. The van der Waals surface area contributed by atoms with Crippen LogP contribution >= 0.6 is 11.6 Å². The van der Waals surface area contributed by atoms with Gasteiger partial charge in [0.05, 0.1) is 25.9 Å². The van der Waals surface area contributed by atoms with Crippen LogP contribution in [0, 0.1) is 0 Å². The lowest BCUT2D eigenvalue weighted by atomic mass is 10.2. The Morgan fingerprint density at radius 1 is 1.47 bits per heavy atom. The molecule has 2 rings (SSSR count). The molecule has 1 aliphatic rings. The molecule has 0 saturated carbocycles. The summed E-state index contributed by atoms with van der Waals surface area (Å²) in [5.74, 6) is -1.26. The minimum atomic E-state index is -4.67. The number of anilines is 1. The molecular formula is C10H11ClF3N3O2. The first kappa shape index (κ1) is 14.3. The highest BCUT2D eigenvalue weighted by Gasteiger charge is 2.36. The van der Waals surface area contributed by atoms with E-state index in [2.05, 4.69) is 9.97 Å². The number of morpholine rings is 1. The SMILES string of the molecule is OCC1COCCN1c1cc(Cl)nc(C(F)(F)F)n1. The summed E-state index contributed by atoms with van der Waals surface area (Å²) in [7, 11) is 0. The van der Waals surface area contributed by atoms with Crippen LogP contribution in [-0.2, 0) is 10.9 Å². The van der Waals surface area contributed by atoms with E-state index in [1.807, 2.05) is 0 Å². The van der Waals surface area contributed by atoms with Crippen molar-refractivity contribution in [3.8, 4) is 0 Å². The first-order valence-electron chi connectivity index (χ1n) is 5.49. The van der Waals surface area contributed by atoms with Crippen molar-refractivity contribution in [1.29, 1.82) is 0 Å². The van der Waals surface area contributed by atoms with Gasteiger partial charge in [0.15, 0.2) is 0 Å². The zero-order chi connectivity index (χ0) is 14.0. The van der Waals surface area contributed by atoms with Crippen molar-refractivity contribution < 1.29 is 23.0 Å². The average Bonchev–Trinajstić information content (AvgIpc) is 2.37. The van der Waals surface area contributed by atoms with E-state index in [9.17, 15) is 18.3 Å². The molecule has 0 amide bonds. The van der Waals surface area contributed by atoms with E-state index < -0.39 is 18.0 Å². The van der Waals surface area contributed by atoms with Gasteiger partial charge in [0.2, 0.25) is 5.82 Å². The quantitative estimate of drug-likeness (QED) is 0.835. The zero-order valence-corrected chi connectivity index (χ0v) is 10.4. The Hall–Kier alpha value is -1.12. The van der Waals surface area contributed by atoms with Crippen LogP contribution in [-0.4, -0.2) is 47.5 Å². The molecule has 0 bridgehead atoms. The number of halogens is 4. The van der Waals surface area contributed by atoms with E-state index in [0.29, 0.717) is 13.2 Å². The number of nitrogens with zero attached hydrogens (tertiary/aromatic N) is 3. The number of aromatic nitrogens is 2. The van der Waals surface area contributed by atoms with Gasteiger partial charge < -0.3 is 14.7 Å². The zero-order valence-electron chi connectivity index (χ0n) is 9.69. The molecule has 2 heterocycles. The Morgan fingerprint density at radius 2 is 2.21 bits per heavy atom. The molecular weight excluding hydrogens is 287 g/mol. The van der Waals surface area contributed by atoms with Crippen molar-refractivity contribution >= 4 is 17.4 Å². The lowest BCUT2D eigenvalue weighted by Crippen LogP contribution is -2.48. The summed E-state index contributed by atoms with van der Waals surface area (Å²) in [6.07, 6.45) is -4.67. The summed E-state index contributed by atoms with van der Waals surface area (Å²) in [5.41, 5.74) is 0. The second kappa shape index (κ2) is 5.48. The summed E-state index contributed by atoms with van der Waals surface area (Å²) < 4.78 is 43.0. The Labute approximate surface area is 112 Å². The summed E-state index contributed by atoms with van der Waals surface area (Å²) in [6, 6.07) is 0.797. The van der Waals surface area contributed by atoms with Crippen LogP contribution in [0.4, 0.5) is 19.0 Å². The minimum Gasteiger partial charge on any atom is -0.394 e. The Bertz CT molecular complexity index is 458. The van der Waals surface area contributed by atoms with E-state index in [4.69, 9.17) is 16.3 Å². The topological polar surface area (TPSA) is 58.5 Å². The lowest BCUT2D eigenvalue weighted by molar-refractivity contribution is -0.144. The van der Waals surface area contributed by atoms with Crippen LogP contribution in [0.15, 0.2) is 6.07 Å². The fourth-order valence-electron chi connectivity index (χ4n) is 1.79. The monoisotopic (exact) mass is 297 g/mol. The highest BCUT2D eigenvalue weighted by Crippen LogP contribution is 2.30. The predicted octanol–water partition coefficient (Wildman–Crippen LogP) is 1.35. The van der Waals surface area contributed by atoms with Gasteiger partial charge in [0, 0.05) is 12.6 Å². The highest BCUT2D eigenvalue weighted by atomic mass is 35.5. The van der Waals surface area contributed by atoms with E-state index in [-0.39, 0.29) is 24.2 Å². The molecule has 19 heavy (non-hydrogen) atoms. The third-order valence-electron chi connectivity index (χ3n) is 2.67. The van der Waals surface area contributed by atoms with Gasteiger partial charge in [-0.3, -0.25) is 0 Å². The van der Waals surface area contributed by atoms with Crippen molar-refractivity contribution in [1.82, 2.24) is 9.97 Å². The van der Waals surface area contributed by atoms with Gasteiger partial charge in [0.25, 0.3) is 0 Å². The van der Waals surface area contributed by atoms with Crippen molar-refractivity contribution in [2.24, 2.45) is 0 Å². The molecule has 1 unspecified atom stereocenters. The molecule has 106 valence electrons. The highest BCUT2D eigenvalue weighted by molar-refractivity contribution is 6.29. The molecule has 1 N–H and O–H groups in total. The molecule has 1 aromatic heterocycles. The molecule has 9 heteroatoms. The normalized spacial score (nSPS) is 20.7. The smallest absolute Gasteiger partial charge is 0.394 e. The number of ether oxygens (including phenoxy) is 1. The summed E-state index contributed by atoms with van der Waals surface area (Å²) >= 11 is 5.59. The first-order valence-corrected chi connectivity index (χ1v) is 5.86. The average molecular weight is 298 g/mol. The number of alkyl halides is 3. The van der Waals surface area contributed by atoms with E-state index in [0.717, 1.165) is 0 Å². The van der Waals surface area contributed by atoms with Crippen molar-refractivity contribution in [3.05, 3.63) is 17.0 Å². The number of hydrogen-bond acceptors (Lipinski definition) is 5. The molecule has 0 radical (unpaired) electrons. The van der Waals surface area contributed by atoms with E-state index in [1.54, 1.807) is 0 Å². The van der Waals surface area contributed by atoms with Crippen LogP contribution in [0.5, 0.6) is 0 Å². The maximum Gasteiger partial charge on any atom is 0.451 e. The third-order valence-corrected chi connectivity index (χ3v) is 2.86. The van der Waals surface area contributed by atoms with Gasteiger partial charge >= 0.3 is 6.18 Å².